The van der Waals surface area contributed by atoms with Gasteiger partial charge >= 0.3 is 0 Å². The molecule has 122 valence electrons. The Hall–Kier alpha value is -1.12. The summed E-state index contributed by atoms with van der Waals surface area (Å²) in [6.07, 6.45) is 2.45. The van der Waals surface area contributed by atoms with Crippen molar-refractivity contribution < 1.29 is 17.6 Å². The van der Waals surface area contributed by atoms with Crippen molar-refractivity contribution in [3.8, 4) is 0 Å². The summed E-state index contributed by atoms with van der Waals surface area (Å²) in [5.41, 5.74) is 0. The SMILES string of the molecule is CS(=O)(=O)N1CCC(NC(=O)CSc2ccc(F)cc2)CC1. The van der Waals surface area contributed by atoms with Gasteiger partial charge in [-0.2, -0.15) is 0 Å². The molecule has 2 rings (SSSR count). The van der Waals surface area contributed by atoms with E-state index in [2.05, 4.69) is 5.32 Å². The van der Waals surface area contributed by atoms with Crippen LogP contribution in [0.2, 0.25) is 0 Å². The van der Waals surface area contributed by atoms with E-state index < -0.39 is 10.0 Å². The van der Waals surface area contributed by atoms with Crippen molar-refractivity contribution in [1.29, 1.82) is 0 Å². The van der Waals surface area contributed by atoms with Crippen molar-refractivity contribution in [1.82, 2.24) is 9.62 Å². The average molecular weight is 346 g/mol. The van der Waals surface area contributed by atoms with Crippen molar-refractivity contribution in [2.45, 2.75) is 23.8 Å². The summed E-state index contributed by atoms with van der Waals surface area (Å²) in [5.74, 6) is -0.128. The zero-order valence-corrected chi connectivity index (χ0v) is 13.9. The molecule has 1 N–H and O–H groups in total. The Morgan fingerprint density at radius 2 is 1.91 bits per heavy atom. The quantitative estimate of drug-likeness (QED) is 0.820. The van der Waals surface area contributed by atoms with E-state index in [4.69, 9.17) is 0 Å². The number of sulfonamides is 1. The highest BCUT2D eigenvalue weighted by molar-refractivity contribution is 8.00. The molecule has 1 heterocycles. The molecule has 0 bridgehead atoms. The third-order valence-electron chi connectivity index (χ3n) is 3.47. The predicted molar refractivity (Wildman–Crippen MR) is 84.7 cm³/mol. The first-order chi connectivity index (χ1) is 10.3. The largest absolute Gasteiger partial charge is 0.353 e. The maximum absolute atomic E-state index is 12.8. The van der Waals surface area contributed by atoms with E-state index in [-0.39, 0.29) is 23.5 Å². The van der Waals surface area contributed by atoms with Gasteiger partial charge in [-0.15, -0.1) is 11.8 Å². The summed E-state index contributed by atoms with van der Waals surface area (Å²) in [4.78, 5) is 12.7. The van der Waals surface area contributed by atoms with Gasteiger partial charge in [-0.05, 0) is 37.1 Å². The molecule has 1 saturated heterocycles. The Morgan fingerprint density at radius 3 is 2.45 bits per heavy atom. The lowest BCUT2D eigenvalue weighted by Gasteiger charge is -2.30. The van der Waals surface area contributed by atoms with Crippen LogP contribution in [0, 0.1) is 5.82 Å². The Labute approximate surface area is 134 Å². The number of amides is 1. The van der Waals surface area contributed by atoms with Crippen LogP contribution in [0.15, 0.2) is 29.2 Å². The number of rotatable bonds is 5. The van der Waals surface area contributed by atoms with Gasteiger partial charge in [0.15, 0.2) is 0 Å². The number of benzene rings is 1. The second-order valence-corrected chi connectivity index (χ2v) is 8.28. The number of piperidine rings is 1. The van der Waals surface area contributed by atoms with Crippen LogP contribution in [0.3, 0.4) is 0 Å². The molecule has 22 heavy (non-hydrogen) atoms. The molecule has 1 aliphatic heterocycles. The minimum Gasteiger partial charge on any atom is -0.353 e. The van der Waals surface area contributed by atoms with E-state index in [1.165, 1.54) is 34.5 Å². The summed E-state index contributed by atoms with van der Waals surface area (Å²) in [6.45, 7) is 0.879. The second-order valence-electron chi connectivity index (χ2n) is 5.25. The normalized spacial score (nSPS) is 17.4. The molecule has 1 aromatic carbocycles. The lowest BCUT2D eigenvalue weighted by molar-refractivity contribution is -0.119. The number of carbonyl (C=O) groups is 1. The fraction of sp³-hybridized carbons (Fsp3) is 0.500. The number of carbonyl (C=O) groups excluding carboxylic acids is 1. The highest BCUT2D eigenvalue weighted by Crippen LogP contribution is 2.18. The van der Waals surface area contributed by atoms with Gasteiger partial charge < -0.3 is 5.32 Å². The summed E-state index contributed by atoms with van der Waals surface area (Å²) >= 11 is 1.35. The molecule has 0 spiro atoms. The summed E-state index contributed by atoms with van der Waals surface area (Å²) in [6, 6.07) is 6.01. The molecule has 0 saturated carbocycles. The van der Waals surface area contributed by atoms with Gasteiger partial charge in [0.2, 0.25) is 15.9 Å². The Kier molecular flexibility index (Phi) is 5.82. The number of nitrogens with zero attached hydrogens (tertiary/aromatic N) is 1. The molecule has 0 unspecified atom stereocenters. The summed E-state index contributed by atoms with van der Waals surface area (Å²) in [7, 11) is -3.14. The molecule has 1 aliphatic rings. The first-order valence-corrected chi connectivity index (χ1v) is 9.81. The predicted octanol–water partition coefficient (Wildman–Crippen LogP) is 1.46. The first kappa shape index (κ1) is 17.2. The van der Waals surface area contributed by atoms with E-state index in [0.717, 1.165) is 4.90 Å². The number of nitrogens with one attached hydrogen (secondary N) is 1. The van der Waals surface area contributed by atoms with Crippen LogP contribution in [0.1, 0.15) is 12.8 Å². The van der Waals surface area contributed by atoms with Crippen LogP contribution < -0.4 is 5.32 Å². The minimum absolute atomic E-state index is 0.0133. The fourth-order valence-electron chi connectivity index (χ4n) is 2.28. The molecule has 1 fully saturated rings. The van der Waals surface area contributed by atoms with Gasteiger partial charge in [0.1, 0.15) is 5.82 Å². The smallest absolute Gasteiger partial charge is 0.230 e. The lowest BCUT2D eigenvalue weighted by atomic mass is 10.1. The topological polar surface area (TPSA) is 66.5 Å². The molecule has 8 heteroatoms. The molecule has 5 nitrogen and oxygen atoms in total. The number of halogens is 1. The molecule has 0 radical (unpaired) electrons. The zero-order chi connectivity index (χ0) is 16.2. The molecule has 0 atom stereocenters. The van der Waals surface area contributed by atoms with Gasteiger partial charge in [0.05, 0.1) is 12.0 Å². The van der Waals surface area contributed by atoms with Crippen molar-refractivity contribution in [2.75, 3.05) is 25.1 Å². The maximum Gasteiger partial charge on any atom is 0.230 e. The van der Waals surface area contributed by atoms with Crippen molar-refractivity contribution in [3.05, 3.63) is 30.1 Å². The van der Waals surface area contributed by atoms with E-state index in [1.807, 2.05) is 0 Å². The van der Waals surface area contributed by atoms with Crippen molar-refractivity contribution in [3.63, 3.8) is 0 Å². The molecule has 1 amide bonds. The van der Waals surface area contributed by atoms with E-state index >= 15 is 0 Å². The summed E-state index contributed by atoms with van der Waals surface area (Å²) < 4.78 is 37.0. The molecule has 0 aliphatic carbocycles. The van der Waals surface area contributed by atoms with E-state index in [9.17, 15) is 17.6 Å². The number of hydrogen-bond donors (Lipinski definition) is 1. The van der Waals surface area contributed by atoms with Gasteiger partial charge in [0.25, 0.3) is 0 Å². The van der Waals surface area contributed by atoms with Crippen LogP contribution in [-0.4, -0.2) is 49.8 Å². The van der Waals surface area contributed by atoms with Crippen LogP contribution in [0.4, 0.5) is 4.39 Å². The van der Waals surface area contributed by atoms with Gasteiger partial charge in [-0.25, -0.2) is 17.1 Å². The second kappa shape index (κ2) is 7.43. The van der Waals surface area contributed by atoms with Crippen molar-refractivity contribution >= 4 is 27.7 Å². The third-order valence-corrected chi connectivity index (χ3v) is 5.79. The Balaban J connectivity index is 1.73. The highest BCUT2D eigenvalue weighted by Gasteiger charge is 2.25. The van der Waals surface area contributed by atoms with E-state index in [0.29, 0.717) is 25.9 Å². The van der Waals surface area contributed by atoms with E-state index in [1.54, 1.807) is 12.1 Å². The molecular weight excluding hydrogens is 327 g/mol. The summed E-state index contributed by atoms with van der Waals surface area (Å²) in [5, 5.41) is 2.92. The van der Waals surface area contributed by atoms with Gasteiger partial charge in [0, 0.05) is 24.0 Å². The van der Waals surface area contributed by atoms with Crippen molar-refractivity contribution in [2.24, 2.45) is 0 Å². The minimum atomic E-state index is -3.14. The maximum atomic E-state index is 12.8. The van der Waals surface area contributed by atoms with Crippen LogP contribution in [0.5, 0.6) is 0 Å². The Bertz CT molecular complexity index is 611. The highest BCUT2D eigenvalue weighted by atomic mass is 32.2. The Morgan fingerprint density at radius 1 is 1.32 bits per heavy atom. The molecule has 0 aromatic heterocycles. The average Bonchev–Trinajstić information content (AvgIpc) is 2.46. The monoisotopic (exact) mass is 346 g/mol. The third kappa shape index (κ3) is 5.26. The van der Waals surface area contributed by atoms with Crippen LogP contribution in [-0.2, 0) is 14.8 Å². The van der Waals surface area contributed by atoms with Gasteiger partial charge in [-0.1, -0.05) is 0 Å². The first-order valence-electron chi connectivity index (χ1n) is 6.97. The fourth-order valence-corrected chi connectivity index (χ4v) is 3.86. The number of hydrogen-bond acceptors (Lipinski definition) is 4. The lowest BCUT2D eigenvalue weighted by Crippen LogP contribution is -2.46. The van der Waals surface area contributed by atoms with Crippen LogP contribution in [0.25, 0.3) is 0 Å². The van der Waals surface area contributed by atoms with Gasteiger partial charge in [-0.3, -0.25) is 4.79 Å². The molecular formula is C14H19FN2O3S2. The van der Waals surface area contributed by atoms with Crippen LogP contribution >= 0.6 is 11.8 Å². The molecule has 1 aromatic rings. The standard InChI is InChI=1S/C14H19FN2O3S2/c1-22(19,20)17-8-6-12(7-9-17)16-14(18)10-21-13-4-2-11(15)3-5-13/h2-5,12H,6-10H2,1H3,(H,16,18). The number of thioether (sulfide) groups is 1. The zero-order valence-electron chi connectivity index (χ0n) is 12.3.